The first-order chi connectivity index (χ1) is 9.06. The molecule has 5 nitrogen and oxygen atoms in total. The van der Waals surface area contributed by atoms with Crippen molar-refractivity contribution in [2.45, 2.75) is 24.3 Å². The van der Waals surface area contributed by atoms with Crippen LogP contribution in [-0.4, -0.2) is 18.4 Å². The predicted molar refractivity (Wildman–Crippen MR) is 74.8 cm³/mol. The third kappa shape index (κ3) is 3.08. The average molecular weight is 300 g/mol. The molecule has 19 heavy (non-hydrogen) atoms. The van der Waals surface area contributed by atoms with E-state index in [0.29, 0.717) is 17.9 Å². The normalized spacial score (nSPS) is 11.5. The summed E-state index contributed by atoms with van der Waals surface area (Å²) in [6, 6.07) is 7.00. The van der Waals surface area contributed by atoms with Crippen molar-refractivity contribution in [2.75, 3.05) is 4.72 Å². The lowest BCUT2D eigenvalue weighted by atomic mass is 10.2. The summed E-state index contributed by atoms with van der Waals surface area (Å²) in [6.45, 7) is 1.89. The second-order valence-corrected chi connectivity index (χ2v) is 5.86. The molecule has 102 valence electrons. The fourth-order valence-electron chi connectivity index (χ4n) is 1.60. The summed E-state index contributed by atoms with van der Waals surface area (Å²) in [4.78, 5) is 6.75. The molecule has 0 fully saturated rings. The number of aromatic nitrogens is 2. The highest BCUT2D eigenvalue weighted by atomic mass is 35.5. The molecule has 0 aliphatic rings. The zero-order valence-corrected chi connectivity index (χ0v) is 11.9. The summed E-state index contributed by atoms with van der Waals surface area (Å²) in [5.74, 6) is 0.869. The molecule has 1 aromatic heterocycles. The molecule has 1 heterocycles. The summed E-state index contributed by atoms with van der Waals surface area (Å²) < 4.78 is 26.9. The molecular formula is C12H14ClN3O2S. The summed E-state index contributed by atoms with van der Waals surface area (Å²) in [5, 5.41) is 0.0497. The van der Waals surface area contributed by atoms with Gasteiger partial charge in [-0.3, -0.25) is 4.72 Å². The van der Waals surface area contributed by atoms with Crippen molar-refractivity contribution >= 4 is 27.3 Å². The largest absolute Gasteiger partial charge is 0.332 e. The van der Waals surface area contributed by atoms with Crippen molar-refractivity contribution in [1.82, 2.24) is 9.97 Å². The van der Waals surface area contributed by atoms with Gasteiger partial charge in [0.25, 0.3) is 10.0 Å². The van der Waals surface area contributed by atoms with E-state index in [1.54, 1.807) is 24.3 Å². The van der Waals surface area contributed by atoms with Crippen LogP contribution in [0.3, 0.4) is 0 Å². The fourth-order valence-corrected chi connectivity index (χ4v) is 2.87. The topological polar surface area (TPSA) is 74.8 Å². The van der Waals surface area contributed by atoms with Crippen LogP contribution in [0.5, 0.6) is 0 Å². The third-order valence-corrected chi connectivity index (χ3v) is 4.20. The minimum Gasteiger partial charge on any atom is -0.332 e. The van der Waals surface area contributed by atoms with Crippen LogP contribution in [-0.2, 0) is 22.3 Å². The van der Waals surface area contributed by atoms with Crippen molar-refractivity contribution in [3.63, 3.8) is 0 Å². The van der Waals surface area contributed by atoms with E-state index in [2.05, 4.69) is 14.7 Å². The number of benzene rings is 1. The van der Waals surface area contributed by atoms with E-state index < -0.39 is 10.0 Å². The summed E-state index contributed by atoms with van der Waals surface area (Å²) >= 11 is 5.78. The maximum atomic E-state index is 12.2. The number of hydrogen-bond acceptors (Lipinski definition) is 3. The molecule has 7 heteroatoms. The number of sulfonamides is 1. The van der Waals surface area contributed by atoms with Crippen molar-refractivity contribution in [3.8, 4) is 0 Å². The number of halogens is 1. The molecule has 0 spiro atoms. The monoisotopic (exact) mass is 299 g/mol. The van der Waals surface area contributed by atoms with E-state index in [1.807, 2.05) is 6.92 Å². The van der Waals surface area contributed by atoms with Crippen LogP contribution in [0.4, 0.5) is 5.69 Å². The van der Waals surface area contributed by atoms with E-state index in [1.165, 1.54) is 6.20 Å². The van der Waals surface area contributed by atoms with Gasteiger partial charge in [-0.1, -0.05) is 25.1 Å². The number of para-hydroxylation sites is 1. The SMILES string of the molecule is CCc1ncc(S(=O)(=O)Nc2ccccc2CCl)[nH]1. The lowest BCUT2D eigenvalue weighted by molar-refractivity contribution is 0.598. The Labute approximate surface area is 117 Å². The van der Waals surface area contributed by atoms with E-state index >= 15 is 0 Å². The highest BCUT2D eigenvalue weighted by Crippen LogP contribution is 2.20. The van der Waals surface area contributed by atoms with Crippen molar-refractivity contribution in [3.05, 3.63) is 41.9 Å². The minimum absolute atomic E-state index is 0.0497. The predicted octanol–water partition coefficient (Wildman–Crippen LogP) is 2.51. The quantitative estimate of drug-likeness (QED) is 0.833. The van der Waals surface area contributed by atoms with Gasteiger partial charge in [-0.25, -0.2) is 4.98 Å². The Bertz CT molecular complexity index is 667. The van der Waals surface area contributed by atoms with Gasteiger partial charge in [0.05, 0.1) is 11.9 Å². The minimum atomic E-state index is -3.66. The molecule has 2 rings (SSSR count). The van der Waals surface area contributed by atoms with Crippen LogP contribution in [0.15, 0.2) is 35.5 Å². The van der Waals surface area contributed by atoms with Gasteiger partial charge in [-0.05, 0) is 11.6 Å². The zero-order valence-electron chi connectivity index (χ0n) is 10.4. The Morgan fingerprint density at radius 2 is 2.11 bits per heavy atom. The molecule has 2 N–H and O–H groups in total. The van der Waals surface area contributed by atoms with Gasteiger partial charge >= 0.3 is 0 Å². The fraction of sp³-hybridized carbons (Fsp3) is 0.250. The smallest absolute Gasteiger partial charge is 0.278 e. The Kier molecular flexibility index (Phi) is 4.11. The zero-order chi connectivity index (χ0) is 13.9. The number of hydrogen-bond donors (Lipinski definition) is 2. The molecule has 0 saturated carbocycles. The Balaban J connectivity index is 2.31. The van der Waals surface area contributed by atoms with Gasteiger partial charge in [0.2, 0.25) is 0 Å². The van der Waals surface area contributed by atoms with E-state index in [0.717, 1.165) is 5.56 Å². The lowest BCUT2D eigenvalue weighted by Gasteiger charge is -2.09. The van der Waals surface area contributed by atoms with Crippen molar-refractivity contribution in [1.29, 1.82) is 0 Å². The average Bonchev–Trinajstić information content (AvgIpc) is 2.88. The first-order valence-electron chi connectivity index (χ1n) is 5.77. The van der Waals surface area contributed by atoms with Crippen LogP contribution in [0.25, 0.3) is 0 Å². The van der Waals surface area contributed by atoms with E-state index in [9.17, 15) is 8.42 Å². The highest BCUT2D eigenvalue weighted by Gasteiger charge is 2.18. The Hall–Kier alpha value is -1.53. The molecule has 2 aromatic rings. The summed E-state index contributed by atoms with van der Waals surface area (Å²) in [7, 11) is -3.66. The van der Waals surface area contributed by atoms with Gasteiger partial charge < -0.3 is 4.98 Å². The number of nitrogens with one attached hydrogen (secondary N) is 2. The molecule has 0 aliphatic heterocycles. The van der Waals surface area contributed by atoms with Gasteiger partial charge in [0.15, 0.2) is 5.03 Å². The number of H-pyrrole nitrogens is 1. The lowest BCUT2D eigenvalue weighted by Crippen LogP contribution is -2.14. The first kappa shape index (κ1) is 13.9. The number of aromatic amines is 1. The van der Waals surface area contributed by atoms with Crippen LogP contribution in [0.2, 0.25) is 0 Å². The number of rotatable bonds is 5. The number of nitrogens with zero attached hydrogens (tertiary/aromatic N) is 1. The van der Waals surface area contributed by atoms with E-state index in [-0.39, 0.29) is 10.9 Å². The summed E-state index contributed by atoms with van der Waals surface area (Å²) in [6.07, 6.45) is 1.96. The number of aryl methyl sites for hydroxylation is 1. The van der Waals surface area contributed by atoms with Crippen molar-refractivity contribution < 1.29 is 8.42 Å². The van der Waals surface area contributed by atoms with Crippen LogP contribution in [0, 0.1) is 0 Å². The highest BCUT2D eigenvalue weighted by molar-refractivity contribution is 7.92. The van der Waals surface area contributed by atoms with Gasteiger partial charge in [0, 0.05) is 12.3 Å². The molecule has 0 amide bonds. The molecule has 0 radical (unpaired) electrons. The molecule has 0 unspecified atom stereocenters. The van der Waals surface area contributed by atoms with E-state index in [4.69, 9.17) is 11.6 Å². The molecule has 1 aromatic carbocycles. The van der Waals surface area contributed by atoms with Crippen LogP contribution >= 0.6 is 11.6 Å². The van der Waals surface area contributed by atoms with Crippen LogP contribution < -0.4 is 4.72 Å². The van der Waals surface area contributed by atoms with Gasteiger partial charge in [-0.2, -0.15) is 8.42 Å². The summed E-state index contributed by atoms with van der Waals surface area (Å²) in [5.41, 5.74) is 1.20. The first-order valence-corrected chi connectivity index (χ1v) is 7.79. The van der Waals surface area contributed by atoms with Gasteiger partial charge in [-0.15, -0.1) is 11.6 Å². The Morgan fingerprint density at radius 3 is 2.74 bits per heavy atom. The standard InChI is InChI=1S/C12H14ClN3O2S/c1-2-11-14-8-12(15-11)19(17,18)16-10-6-4-3-5-9(10)7-13/h3-6,8,16H,2,7H2,1H3,(H,14,15). The Morgan fingerprint density at radius 1 is 1.37 bits per heavy atom. The van der Waals surface area contributed by atoms with Gasteiger partial charge in [0.1, 0.15) is 5.82 Å². The van der Waals surface area contributed by atoms with Crippen molar-refractivity contribution in [2.24, 2.45) is 0 Å². The molecule has 0 saturated heterocycles. The number of imidazole rings is 1. The molecule has 0 bridgehead atoms. The maximum absolute atomic E-state index is 12.2. The third-order valence-electron chi connectivity index (χ3n) is 2.64. The second kappa shape index (κ2) is 5.63. The second-order valence-electron chi connectivity index (χ2n) is 3.94. The maximum Gasteiger partial charge on any atom is 0.278 e. The molecule has 0 atom stereocenters. The number of alkyl halides is 1. The van der Waals surface area contributed by atoms with Crippen LogP contribution in [0.1, 0.15) is 18.3 Å². The molecule has 0 aliphatic carbocycles. The number of anilines is 1. The molecular weight excluding hydrogens is 286 g/mol.